The zero-order valence-electron chi connectivity index (χ0n) is 10.8. The first-order valence-electron chi connectivity index (χ1n) is 5.81. The van der Waals surface area contributed by atoms with Crippen LogP contribution < -0.4 is 14.8 Å². The van der Waals surface area contributed by atoms with Crippen LogP contribution in [0.4, 0.5) is 5.95 Å². The molecule has 1 aliphatic rings. The van der Waals surface area contributed by atoms with Crippen molar-refractivity contribution in [3.05, 3.63) is 0 Å². The van der Waals surface area contributed by atoms with Crippen LogP contribution in [0.1, 0.15) is 6.42 Å². The summed E-state index contributed by atoms with van der Waals surface area (Å²) in [4.78, 5) is 11.9. The van der Waals surface area contributed by atoms with Crippen LogP contribution in [-0.4, -0.2) is 55.6 Å². The van der Waals surface area contributed by atoms with E-state index in [2.05, 4.69) is 20.3 Å². The Labute approximate surface area is 111 Å². The Bertz CT molecular complexity index is 526. The number of hydrogen-bond donors (Lipinski definition) is 1. The zero-order valence-corrected chi connectivity index (χ0v) is 11.6. The molecule has 1 aliphatic heterocycles. The maximum absolute atomic E-state index is 11.3. The third-order valence-electron chi connectivity index (χ3n) is 2.84. The number of rotatable bonds is 5. The summed E-state index contributed by atoms with van der Waals surface area (Å²) in [5, 5.41) is 2.99. The molecule has 2 heterocycles. The Morgan fingerprint density at radius 3 is 2.32 bits per heavy atom. The predicted octanol–water partition coefficient (Wildman–Crippen LogP) is -0.265. The van der Waals surface area contributed by atoms with Gasteiger partial charge >= 0.3 is 12.0 Å². The number of nitrogens with zero attached hydrogens (tertiary/aromatic N) is 3. The third-order valence-corrected chi connectivity index (χ3v) is 4.67. The van der Waals surface area contributed by atoms with E-state index < -0.39 is 9.84 Å². The first-order valence-corrected chi connectivity index (χ1v) is 7.63. The van der Waals surface area contributed by atoms with Gasteiger partial charge in [-0.25, -0.2) is 8.42 Å². The zero-order chi connectivity index (χ0) is 13.9. The molecule has 1 fully saturated rings. The van der Waals surface area contributed by atoms with E-state index in [9.17, 15) is 8.42 Å². The molecule has 1 aromatic heterocycles. The lowest BCUT2D eigenvalue weighted by molar-refractivity contribution is 0.341. The van der Waals surface area contributed by atoms with Gasteiger partial charge in [-0.05, 0) is 12.3 Å². The van der Waals surface area contributed by atoms with E-state index in [-0.39, 0.29) is 29.4 Å². The summed E-state index contributed by atoms with van der Waals surface area (Å²) in [7, 11) is 0.0250. The van der Waals surface area contributed by atoms with Gasteiger partial charge in [0, 0.05) is 6.54 Å². The van der Waals surface area contributed by atoms with Gasteiger partial charge in [0.15, 0.2) is 9.84 Å². The van der Waals surface area contributed by atoms with E-state index in [0.29, 0.717) is 18.9 Å². The van der Waals surface area contributed by atoms with E-state index in [1.54, 1.807) is 0 Å². The molecular formula is C10H16N4O4S. The smallest absolute Gasteiger partial charge is 0.324 e. The second kappa shape index (κ2) is 5.55. The lowest BCUT2D eigenvalue weighted by Gasteiger charge is -2.10. The van der Waals surface area contributed by atoms with Crippen molar-refractivity contribution in [2.75, 3.05) is 37.6 Å². The van der Waals surface area contributed by atoms with Crippen molar-refractivity contribution in [2.24, 2.45) is 5.92 Å². The molecule has 1 saturated heterocycles. The minimum Gasteiger partial charge on any atom is -0.467 e. The van der Waals surface area contributed by atoms with Crippen LogP contribution in [0.15, 0.2) is 0 Å². The third kappa shape index (κ3) is 3.66. The molecule has 0 saturated carbocycles. The van der Waals surface area contributed by atoms with E-state index in [1.807, 2.05) is 0 Å². The molecule has 0 radical (unpaired) electrons. The average Bonchev–Trinajstić information content (AvgIpc) is 2.75. The second-order valence-corrected chi connectivity index (χ2v) is 6.51. The Kier molecular flexibility index (Phi) is 4.03. The summed E-state index contributed by atoms with van der Waals surface area (Å²) in [6.45, 7) is 0.496. The van der Waals surface area contributed by atoms with Gasteiger partial charge in [0.1, 0.15) is 0 Å². The number of hydrogen-bond acceptors (Lipinski definition) is 8. The molecule has 0 spiro atoms. The maximum Gasteiger partial charge on any atom is 0.324 e. The monoisotopic (exact) mass is 288 g/mol. The molecule has 0 amide bonds. The van der Waals surface area contributed by atoms with Crippen LogP contribution >= 0.6 is 0 Å². The van der Waals surface area contributed by atoms with Gasteiger partial charge in [-0.1, -0.05) is 0 Å². The van der Waals surface area contributed by atoms with E-state index in [4.69, 9.17) is 9.47 Å². The second-order valence-electron chi connectivity index (χ2n) is 4.28. The van der Waals surface area contributed by atoms with Gasteiger partial charge in [-0.3, -0.25) is 0 Å². The predicted molar refractivity (Wildman–Crippen MR) is 68.2 cm³/mol. The Balaban J connectivity index is 1.99. The van der Waals surface area contributed by atoms with Gasteiger partial charge in [0.05, 0.1) is 25.7 Å². The van der Waals surface area contributed by atoms with E-state index in [1.165, 1.54) is 14.2 Å². The molecule has 2 rings (SSSR count). The highest BCUT2D eigenvalue weighted by Gasteiger charge is 2.27. The maximum atomic E-state index is 11.3. The van der Waals surface area contributed by atoms with Gasteiger partial charge in [0.25, 0.3) is 0 Å². The molecule has 0 aliphatic carbocycles. The van der Waals surface area contributed by atoms with Crippen molar-refractivity contribution in [3.8, 4) is 12.0 Å². The standard InChI is InChI=1S/C10H16N4O4S/c1-17-9-12-8(13-10(14-9)18-2)11-5-7-3-4-19(15,16)6-7/h7H,3-6H2,1-2H3,(H,11,12,13,14). The lowest BCUT2D eigenvalue weighted by Crippen LogP contribution is -2.17. The molecule has 19 heavy (non-hydrogen) atoms. The first-order chi connectivity index (χ1) is 9.02. The minimum atomic E-state index is -2.87. The molecule has 0 aromatic carbocycles. The molecule has 1 N–H and O–H groups in total. The summed E-state index contributed by atoms with van der Waals surface area (Å²) in [5.41, 5.74) is 0. The topological polar surface area (TPSA) is 103 Å². The van der Waals surface area contributed by atoms with Crippen LogP contribution in [0.3, 0.4) is 0 Å². The van der Waals surface area contributed by atoms with Crippen LogP contribution in [0.25, 0.3) is 0 Å². The summed E-state index contributed by atoms with van der Waals surface area (Å²) in [5.74, 6) is 0.856. The highest BCUT2D eigenvalue weighted by Crippen LogP contribution is 2.19. The minimum absolute atomic E-state index is 0.0822. The van der Waals surface area contributed by atoms with E-state index >= 15 is 0 Å². The van der Waals surface area contributed by atoms with Gasteiger partial charge in [-0.2, -0.15) is 9.97 Å². The average molecular weight is 288 g/mol. The van der Waals surface area contributed by atoms with Crippen molar-refractivity contribution in [1.29, 1.82) is 0 Å². The molecule has 1 atom stereocenters. The van der Waals surface area contributed by atoms with Crippen LogP contribution in [-0.2, 0) is 9.84 Å². The van der Waals surface area contributed by atoms with Crippen molar-refractivity contribution in [1.82, 2.24) is 15.0 Å². The molecule has 1 aromatic rings. The Morgan fingerprint density at radius 2 is 1.84 bits per heavy atom. The largest absolute Gasteiger partial charge is 0.467 e. The molecule has 9 heteroatoms. The number of nitrogens with one attached hydrogen (secondary N) is 1. The lowest BCUT2D eigenvalue weighted by atomic mass is 10.1. The number of ether oxygens (including phenoxy) is 2. The molecular weight excluding hydrogens is 272 g/mol. The van der Waals surface area contributed by atoms with Crippen LogP contribution in [0.2, 0.25) is 0 Å². The fraction of sp³-hybridized carbons (Fsp3) is 0.700. The number of anilines is 1. The molecule has 0 bridgehead atoms. The molecule has 8 nitrogen and oxygen atoms in total. The van der Waals surface area contributed by atoms with E-state index in [0.717, 1.165) is 0 Å². The Morgan fingerprint density at radius 1 is 1.21 bits per heavy atom. The summed E-state index contributed by atoms with van der Waals surface area (Å²) >= 11 is 0. The Hall–Kier alpha value is -1.64. The molecule has 1 unspecified atom stereocenters. The van der Waals surface area contributed by atoms with Crippen molar-refractivity contribution >= 4 is 15.8 Å². The SMILES string of the molecule is COc1nc(NCC2CCS(=O)(=O)C2)nc(OC)n1. The van der Waals surface area contributed by atoms with Crippen LogP contribution in [0, 0.1) is 5.92 Å². The highest BCUT2D eigenvalue weighted by atomic mass is 32.2. The van der Waals surface area contributed by atoms with Crippen LogP contribution in [0.5, 0.6) is 12.0 Å². The number of methoxy groups -OCH3 is 2. The molecule has 106 valence electrons. The fourth-order valence-corrected chi connectivity index (χ4v) is 3.73. The van der Waals surface area contributed by atoms with Gasteiger partial charge in [0.2, 0.25) is 5.95 Å². The van der Waals surface area contributed by atoms with Crippen molar-refractivity contribution in [3.63, 3.8) is 0 Å². The fourth-order valence-electron chi connectivity index (χ4n) is 1.87. The van der Waals surface area contributed by atoms with Gasteiger partial charge in [-0.15, -0.1) is 4.98 Å². The number of aromatic nitrogens is 3. The quantitative estimate of drug-likeness (QED) is 0.790. The summed E-state index contributed by atoms with van der Waals surface area (Å²) in [6, 6.07) is 0.293. The highest BCUT2D eigenvalue weighted by molar-refractivity contribution is 7.91. The number of sulfone groups is 1. The van der Waals surface area contributed by atoms with Gasteiger partial charge < -0.3 is 14.8 Å². The van der Waals surface area contributed by atoms with Crippen molar-refractivity contribution < 1.29 is 17.9 Å². The normalized spacial score (nSPS) is 21.1. The first kappa shape index (κ1) is 13.8. The van der Waals surface area contributed by atoms with Crippen molar-refractivity contribution in [2.45, 2.75) is 6.42 Å². The summed E-state index contributed by atoms with van der Waals surface area (Å²) in [6.07, 6.45) is 0.661. The summed E-state index contributed by atoms with van der Waals surface area (Å²) < 4.78 is 32.5.